The quantitative estimate of drug-likeness (QED) is 0.806. The minimum absolute atomic E-state index is 0.477. The summed E-state index contributed by atoms with van der Waals surface area (Å²) in [6.45, 7) is 7.33. The molecule has 1 aliphatic carbocycles. The van der Waals surface area contributed by atoms with Crippen molar-refractivity contribution in [3.05, 3.63) is 0 Å². The first-order chi connectivity index (χ1) is 7.66. The summed E-state index contributed by atoms with van der Waals surface area (Å²) in [5.41, 5.74) is 6.07. The zero-order valence-electron chi connectivity index (χ0n) is 10.7. The SMILES string of the molecule is CC1SCCN(CC2CCCC(N)C2)C1C. The van der Waals surface area contributed by atoms with Crippen LogP contribution in [0.1, 0.15) is 39.5 Å². The van der Waals surface area contributed by atoms with Crippen molar-refractivity contribution < 1.29 is 0 Å². The lowest BCUT2D eigenvalue weighted by Gasteiger charge is -2.40. The van der Waals surface area contributed by atoms with E-state index in [2.05, 4.69) is 30.5 Å². The molecule has 2 nitrogen and oxygen atoms in total. The molecule has 2 rings (SSSR count). The van der Waals surface area contributed by atoms with E-state index in [1.807, 2.05) is 0 Å². The normalized spacial score (nSPS) is 42.2. The molecule has 3 heteroatoms. The van der Waals surface area contributed by atoms with Gasteiger partial charge in [-0.2, -0.15) is 11.8 Å². The Morgan fingerprint density at radius 3 is 2.88 bits per heavy atom. The second kappa shape index (κ2) is 5.74. The fourth-order valence-corrected chi connectivity index (χ4v) is 4.25. The third-order valence-corrected chi connectivity index (χ3v) is 5.67. The summed E-state index contributed by atoms with van der Waals surface area (Å²) in [5.74, 6) is 2.17. The molecule has 0 aromatic carbocycles. The van der Waals surface area contributed by atoms with Crippen LogP contribution in [0.15, 0.2) is 0 Å². The highest BCUT2D eigenvalue weighted by Gasteiger charge is 2.28. The number of nitrogens with zero attached hydrogens (tertiary/aromatic N) is 1. The smallest absolute Gasteiger partial charge is 0.0184 e. The fourth-order valence-electron chi connectivity index (χ4n) is 3.08. The van der Waals surface area contributed by atoms with E-state index >= 15 is 0 Å². The van der Waals surface area contributed by atoms with Gasteiger partial charge in [-0.3, -0.25) is 4.90 Å². The molecule has 0 amide bonds. The summed E-state index contributed by atoms with van der Waals surface area (Å²) in [5, 5.41) is 0.797. The van der Waals surface area contributed by atoms with E-state index in [1.54, 1.807) is 0 Å². The molecular weight excluding hydrogens is 216 g/mol. The van der Waals surface area contributed by atoms with E-state index in [0.29, 0.717) is 6.04 Å². The average molecular weight is 242 g/mol. The van der Waals surface area contributed by atoms with E-state index in [4.69, 9.17) is 5.73 Å². The molecule has 0 aromatic heterocycles. The molecule has 2 fully saturated rings. The van der Waals surface area contributed by atoms with Gasteiger partial charge in [-0.15, -0.1) is 0 Å². The first-order valence-corrected chi connectivity index (χ1v) is 7.83. The zero-order chi connectivity index (χ0) is 11.5. The maximum atomic E-state index is 6.07. The highest BCUT2D eigenvalue weighted by atomic mass is 32.2. The van der Waals surface area contributed by atoms with Crippen LogP contribution in [-0.4, -0.2) is 41.1 Å². The first kappa shape index (κ1) is 12.7. The average Bonchev–Trinajstić information content (AvgIpc) is 2.25. The van der Waals surface area contributed by atoms with Crippen molar-refractivity contribution in [1.29, 1.82) is 0 Å². The van der Waals surface area contributed by atoms with Gasteiger partial charge in [-0.25, -0.2) is 0 Å². The van der Waals surface area contributed by atoms with Crippen LogP contribution in [0.5, 0.6) is 0 Å². The molecule has 1 saturated carbocycles. The van der Waals surface area contributed by atoms with Crippen LogP contribution >= 0.6 is 11.8 Å². The largest absolute Gasteiger partial charge is 0.328 e. The third kappa shape index (κ3) is 3.14. The van der Waals surface area contributed by atoms with Crippen molar-refractivity contribution in [2.24, 2.45) is 11.7 Å². The van der Waals surface area contributed by atoms with Gasteiger partial charge in [0.05, 0.1) is 0 Å². The van der Waals surface area contributed by atoms with Crippen LogP contribution in [0.3, 0.4) is 0 Å². The highest BCUT2D eigenvalue weighted by molar-refractivity contribution is 8.00. The summed E-state index contributed by atoms with van der Waals surface area (Å²) in [7, 11) is 0. The van der Waals surface area contributed by atoms with Crippen LogP contribution in [0.2, 0.25) is 0 Å². The van der Waals surface area contributed by atoms with Crippen molar-refractivity contribution in [2.45, 2.75) is 56.9 Å². The molecule has 0 aromatic rings. The molecule has 2 aliphatic rings. The second-order valence-electron chi connectivity index (χ2n) is 5.60. The summed E-state index contributed by atoms with van der Waals surface area (Å²) in [4.78, 5) is 2.70. The van der Waals surface area contributed by atoms with E-state index in [9.17, 15) is 0 Å². The lowest BCUT2D eigenvalue weighted by atomic mass is 9.85. The number of rotatable bonds is 2. The zero-order valence-corrected chi connectivity index (χ0v) is 11.5. The Bertz CT molecular complexity index is 222. The molecule has 4 atom stereocenters. The highest BCUT2D eigenvalue weighted by Crippen LogP contribution is 2.29. The lowest BCUT2D eigenvalue weighted by molar-refractivity contribution is 0.155. The molecule has 2 N–H and O–H groups in total. The number of nitrogens with two attached hydrogens (primary N) is 1. The van der Waals surface area contributed by atoms with Crippen molar-refractivity contribution in [3.63, 3.8) is 0 Å². The van der Waals surface area contributed by atoms with Crippen molar-refractivity contribution in [3.8, 4) is 0 Å². The Balaban J connectivity index is 1.83. The summed E-state index contributed by atoms with van der Waals surface area (Å²) in [6.07, 6.45) is 5.25. The predicted octanol–water partition coefficient (Wildman–Crippen LogP) is 2.33. The summed E-state index contributed by atoms with van der Waals surface area (Å²) >= 11 is 2.13. The first-order valence-electron chi connectivity index (χ1n) is 6.78. The molecule has 0 spiro atoms. The van der Waals surface area contributed by atoms with Gasteiger partial charge >= 0.3 is 0 Å². The molecule has 4 unspecified atom stereocenters. The third-order valence-electron chi connectivity index (χ3n) is 4.33. The van der Waals surface area contributed by atoms with Gasteiger partial charge in [0.2, 0.25) is 0 Å². The molecule has 0 radical (unpaired) electrons. The van der Waals surface area contributed by atoms with Crippen LogP contribution in [0.25, 0.3) is 0 Å². The van der Waals surface area contributed by atoms with E-state index in [1.165, 1.54) is 44.5 Å². The number of thioether (sulfide) groups is 1. The van der Waals surface area contributed by atoms with E-state index in [-0.39, 0.29) is 0 Å². The van der Waals surface area contributed by atoms with Crippen LogP contribution in [-0.2, 0) is 0 Å². The van der Waals surface area contributed by atoms with Gasteiger partial charge < -0.3 is 5.73 Å². The van der Waals surface area contributed by atoms with E-state index in [0.717, 1.165) is 17.2 Å². The standard InChI is InChI=1S/C13H26N2S/c1-10-11(2)16-7-6-15(10)9-12-4-3-5-13(14)8-12/h10-13H,3-9,14H2,1-2H3. The van der Waals surface area contributed by atoms with Gasteiger partial charge in [0, 0.05) is 36.2 Å². The van der Waals surface area contributed by atoms with Gasteiger partial charge in [-0.1, -0.05) is 13.3 Å². The Hall–Kier alpha value is 0.270. The number of hydrogen-bond acceptors (Lipinski definition) is 3. The van der Waals surface area contributed by atoms with Gasteiger partial charge in [-0.05, 0) is 32.1 Å². The summed E-state index contributed by atoms with van der Waals surface area (Å²) < 4.78 is 0. The Labute approximate surface area is 104 Å². The van der Waals surface area contributed by atoms with Crippen LogP contribution in [0.4, 0.5) is 0 Å². The number of hydrogen-bond donors (Lipinski definition) is 1. The molecule has 0 bridgehead atoms. The van der Waals surface area contributed by atoms with Crippen molar-refractivity contribution >= 4 is 11.8 Å². The van der Waals surface area contributed by atoms with E-state index < -0.39 is 0 Å². The predicted molar refractivity (Wildman–Crippen MR) is 72.9 cm³/mol. The molecule has 94 valence electrons. The maximum Gasteiger partial charge on any atom is 0.0184 e. The van der Waals surface area contributed by atoms with Crippen molar-refractivity contribution in [1.82, 2.24) is 4.90 Å². The van der Waals surface area contributed by atoms with Crippen LogP contribution in [0, 0.1) is 5.92 Å². The van der Waals surface area contributed by atoms with Gasteiger partial charge in [0.1, 0.15) is 0 Å². The fraction of sp³-hybridized carbons (Fsp3) is 1.00. The summed E-state index contributed by atoms with van der Waals surface area (Å²) in [6, 6.07) is 1.22. The molecule has 16 heavy (non-hydrogen) atoms. The molecule has 1 saturated heterocycles. The molecule has 1 aliphatic heterocycles. The Kier molecular flexibility index (Phi) is 4.57. The Morgan fingerprint density at radius 2 is 2.12 bits per heavy atom. The second-order valence-corrected chi connectivity index (χ2v) is 7.09. The topological polar surface area (TPSA) is 29.3 Å². The maximum absolute atomic E-state index is 6.07. The van der Waals surface area contributed by atoms with Crippen LogP contribution < -0.4 is 5.73 Å². The van der Waals surface area contributed by atoms with Gasteiger partial charge in [0.25, 0.3) is 0 Å². The Morgan fingerprint density at radius 1 is 1.31 bits per heavy atom. The molecule has 1 heterocycles. The van der Waals surface area contributed by atoms with Gasteiger partial charge in [0.15, 0.2) is 0 Å². The van der Waals surface area contributed by atoms with Crippen molar-refractivity contribution in [2.75, 3.05) is 18.8 Å². The minimum Gasteiger partial charge on any atom is -0.328 e. The minimum atomic E-state index is 0.477. The molecular formula is C13H26N2S. The monoisotopic (exact) mass is 242 g/mol. The lowest BCUT2D eigenvalue weighted by Crippen LogP contribution is -2.47.